The Bertz CT molecular complexity index is 1240. The number of halogens is 4. The summed E-state index contributed by atoms with van der Waals surface area (Å²) in [6.07, 6.45) is -2.34. The first-order valence-electron chi connectivity index (χ1n) is 11.7. The number of pyridine rings is 1. The second-order valence-electron chi connectivity index (χ2n) is 8.58. The van der Waals surface area contributed by atoms with Gasteiger partial charge in [0.1, 0.15) is 5.82 Å². The van der Waals surface area contributed by atoms with Gasteiger partial charge in [-0.25, -0.2) is 15.0 Å². The number of likely N-dealkylation sites (N-methyl/N-ethyl adjacent to an activating group) is 1. The third-order valence-electron chi connectivity index (χ3n) is 6.14. The molecule has 1 saturated heterocycles. The smallest absolute Gasteiger partial charge is 0.379 e. The molecule has 1 amide bonds. The number of amides is 1. The highest BCUT2D eigenvalue weighted by Gasteiger charge is 2.35. The van der Waals surface area contributed by atoms with E-state index in [9.17, 15) is 18.0 Å². The van der Waals surface area contributed by atoms with Crippen LogP contribution in [-0.4, -0.2) is 78.7 Å². The highest BCUT2D eigenvalue weighted by atomic mass is 35.5. The number of benzene rings is 1. The SMILES string of the molecule is CN(CCN)c1ccc2c(C(=O)NCC(c3cnc(C(F)(F)F)nc3)N3CCOCC3)c(Cl)ccc2n1. The van der Waals surface area contributed by atoms with Crippen LogP contribution in [0.25, 0.3) is 10.9 Å². The van der Waals surface area contributed by atoms with E-state index in [1.54, 1.807) is 24.3 Å². The molecule has 13 heteroatoms. The zero-order valence-corrected chi connectivity index (χ0v) is 20.9. The highest BCUT2D eigenvalue weighted by molar-refractivity contribution is 6.35. The molecule has 0 spiro atoms. The van der Waals surface area contributed by atoms with E-state index in [2.05, 4.69) is 20.3 Å². The predicted molar refractivity (Wildman–Crippen MR) is 134 cm³/mol. The number of alkyl halides is 3. The molecule has 0 saturated carbocycles. The summed E-state index contributed by atoms with van der Waals surface area (Å²) in [5.41, 5.74) is 6.95. The minimum atomic E-state index is -4.64. The van der Waals surface area contributed by atoms with Gasteiger partial charge in [-0.2, -0.15) is 13.2 Å². The van der Waals surface area contributed by atoms with E-state index in [-0.39, 0.29) is 17.1 Å². The number of anilines is 1. The van der Waals surface area contributed by atoms with Crippen molar-refractivity contribution in [3.63, 3.8) is 0 Å². The fourth-order valence-corrected chi connectivity index (χ4v) is 4.45. The molecular weight excluding hydrogens is 511 g/mol. The molecule has 3 aromatic rings. The van der Waals surface area contributed by atoms with Gasteiger partial charge < -0.3 is 20.7 Å². The number of nitrogens with zero attached hydrogens (tertiary/aromatic N) is 5. The molecule has 0 aliphatic carbocycles. The lowest BCUT2D eigenvalue weighted by Gasteiger charge is -2.34. The van der Waals surface area contributed by atoms with Gasteiger partial charge in [0.25, 0.3) is 5.91 Å². The number of hydrogen-bond donors (Lipinski definition) is 2. The van der Waals surface area contributed by atoms with Crippen molar-refractivity contribution in [2.45, 2.75) is 12.2 Å². The van der Waals surface area contributed by atoms with Crippen molar-refractivity contribution >= 4 is 34.2 Å². The Kier molecular flexibility index (Phi) is 8.42. The number of nitrogens with two attached hydrogens (primary N) is 1. The summed E-state index contributed by atoms with van der Waals surface area (Å²) in [6, 6.07) is 6.47. The summed E-state index contributed by atoms with van der Waals surface area (Å²) >= 11 is 6.42. The zero-order chi connectivity index (χ0) is 26.6. The number of ether oxygens (including phenoxy) is 1. The van der Waals surface area contributed by atoms with Crippen molar-refractivity contribution in [2.75, 3.05) is 57.9 Å². The van der Waals surface area contributed by atoms with Crippen LogP contribution in [0.4, 0.5) is 19.0 Å². The maximum Gasteiger partial charge on any atom is 0.451 e. The molecule has 1 aliphatic heterocycles. The Morgan fingerprint density at radius 1 is 1.22 bits per heavy atom. The number of nitrogens with one attached hydrogen (secondary N) is 1. The quantitative estimate of drug-likeness (QED) is 0.451. The molecule has 2 aromatic heterocycles. The fourth-order valence-electron chi connectivity index (χ4n) is 4.20. The summed E-state index contributed by atoms with van der Waals surface area (Å²) in [5.74, 6) is -0.930. The second kappa shape index (κ2) is 11.5. The number of hydrogen-bond acceptors (Lipinski definition) is 8. The van der Waals surface area contributed by atoms with Gasteiger partial charge >= 0.3 is 6.18 Å². The second-order valence-corrected chi connectivity index (χ2v) is 8.99. The molecule has 3 heterocycles. The van der Waals surface area contributed by atoms with Crippen LogP contribution in [0.1, 0.15) is 27.8 Å². The van der Waals surface area contributed by atoms with E-state index in [1.807, 2.05) is 16.8 Å². The third kappa shape index (κ3) is 6.27. The molecule has 0 radical (unpaired) electrons. The summed E-state index contributed by atoms with van der Waals surface area (Å²) in [7, 11) is 1.88. The first-order chi connectivity index (χ1) is 17.7. The maximum atomic E-state index is 13.3. The number of morpholine rings is 1. The van der Waals surface area contributed by atoms with E-state index in [1.165, 1.54) is 0 Å². The van der Waals surface area contributed by atoms with Crippen molar-refractivity contribution in [3.05, 3.63) is 58.6 Å². The number of carbonyl (C=O) groups is 1. The van der Waals surface area contributed by atoms with Gasteiger partial charge in [0.2, 0.25) is 5.82 Å². The Morgan fingerprint density at radius 3 is 2.57 bits per heavy atom. The zero-order valence-electron chi connectivity index (χ0n) is 20.1. The average molecular weight is 538 g/mol. The molecule has 1 aromatic carbocycles. The van der Waals surface area contributed by atoms with Gasteiger partial charge in [-0.3, -0.25) is 9.69 Å². The predicted octanol–water partition coefficient (Wildman–Crippen LogP) is 2.90. The lowest BCUT2D eigenvalue weighted by Crippen LogP contribution is -2.44. The molecule has 1 unspecified atom stereocenters. The van der Waals surface area contributed by atoms with Gasteiger partial charge in [-0.1, -0.05) is 11.6 Å². The van der Waals surface area contributed by atoms with Crippen LogP contribution in [0.3, 0.4) is 0 Å². The van der Waals surface area contributed by atoms with Crippen LogP contribution in [0.2, 0.25) is 5.02 Å². The Labute approximate surface area is 216 Å². The lowest BCUT2D eigenvalue weighted by molar-refractivity contribution is -0.145. The summed E-state index contributed by atoms with van der Waals surface area (Å²) in [5, 5.41) is 3.73. The van der Waals surface area contributed by atoms with Gasteiger partial charge in [0, 0.05) is 63.1 Å². The van der Waals surface area contributed by atoms with Crippen molar-refractivity contribution in [1.82, 2.24) is 25.2 Å². The van der Waals surface area contributed by atoms with Crippen LogP contribution in [0.5, 0.6) is 0 Å². The topological polar surface area (TPSA) is 110 Å². The highest BCUT2D eigenvalue weighted by Crippen LogP contribution is 2.29. The van der Waals surface area contributed by atoms with Gasteiger partial charge in [0.15, 0.2) is 0 Å². The van der Waals surface area contributed by atoms with Crippen molar-refractivity contribution in [3.8, 4) is 0 Å². The monoisotopic (exact) mass is 537 g/mol. The van der Waals surface area contributed by atoms with Crippen LogP contribution >= 0.6 is 11.6 Å². The van der Waals surface area contributed by atoms with Crippen LogP contribution < -0.4 is 16.0 Å². The maximum absolute atomic E-state index is 13.3. The number of aromatic nitrogens is 3. The van der Waals surface area contributed by atoms with Crippen molar-refractivity contribution in [1.29, 1.82) is 0 Å². The number of carbonyl (C=O) groups excluding carboxylic acids is 1. The molecule has 37 heavy (non-hydrogen) atoms. The largest absolute Gasteiger partial charge is 0.451 e. The fraction of sp³-hybridized carbons (Fsp3) is 0.417. The molecule has 3 N–H and O–H groups in total. The Balaban J connectivity index is 1.58. The molecule has 0 bridgehead atoms. The van der Waals surface area contributed by atoms with E-state index in [0.29, 0.717) is 61.7 Å². The molecule has 198 valence electrons. The van der Waals surface area contributed by atoms with Gasteiger partial charge in [0.05, 0.1) is 35.4 Å². The average Bonchev–Trinajstić information content (AvgIpc) is 2.89. The van der Waals surface area contributed by atoms with E-state index in [4.69, 9.17) is 22.1 Å². The number of rotatable bonds is 8. The Morgan fingerprint density at radius 2 is 1.92 bits per heavy atom. The Hall–Kier alpha value is -3.06. The minimum absolute atomic E-state index is 0.102. The van der Waals surface area contributed by atoms with E-state index in [0.717, 1.165) is 12.4 Å². The summed E-state index contributed by atoms with van der Waals surface area (Å²) in [6.45, 7) is 3.21. The van der Waals surface area contributed by atoms with E-state index < -0.39 is 23.9 Å². The molecule has 1 fully saturated rings. The number of fused-ring (bicyclic) bond motifs is 1. The van der Waals surface area contributed by atoms with Crippen LogP contribution in [0, 0.1) is 0 Å². The normalized spacial score (nSPS) is 15.5. The molecule has 1 atom stereocenters. The molecule has 4 rings (SSSR count). The third-order valence-corrected chi connectivity index (χ3v) is 6.46. The van der Waals surface area contributed by atoms with Crippen LogP contribution in [-0.2, 0) is 10.9 Å². The van der Waals surface area contributed by atoms with Gasteiger partial charge in [-0.15, -0.1) is 0 Å². The first-order valence-corrected chi connectivity index (χ1v) is 12.1. The molecule has 1 aliphatic rings. The van der Waals surface area contributed by atoms with Gasteiger partial charge in [-0.05, 0) is 24.3 Å². The van der Waals surface area contributed by atoms with Crippen molar-refractivity contribution in [2.24, 2.45) is 5.73 Å². The standard InChI is InChI=1S/C24H27ClF3N7O2/c1-34(7-6-29)20-5-2-16-18(33-20)4-3-17(25)21(16)22(36)30-14-19(35-8-10-37-11-9-35)15-12-31-23(32-13-15)24(26,27)28/h2-5,12-13,19H,6-11,14,29H2,1H3,(H,30,36). The molecular formula is C24H27ClF3N7O2. The van der Waals surface area contributed by atoms with Crippen LogP contribution in [0.15, 0.2) is 36.7 Å². The molecule has 9 nitrogen and oxygen atoms in total. The first kappa shape index (κ1) is 27.0. The summed E-state index contributed by atoms with van der Waals surface area (Å²) in [4.78, 5) is 28.9. The lowest BCUT2D eigenvalue weighted by atomic mass is 10.1. The minimum Gasteiger partial charge on any atom is -0.379 e. The van der Waals surface area contributed by atoms with Crippen molar-refractivity contribution < 1.29 is 22.7 Å². The van der Waals surface area contributed by atoms with E-state index >= 15 is 0 Å². The summed E-state index contributed by atoms with van der Waals surface area (Å²) < 4.78 is 44.3.